The Morgan fingerprint density at radius 2 is 2.06 bits per heavy atom. The highest BCUT2D eigenvalue weighted by atomic mass is 16.5. The van der Waals surface area contributed by atoms with Gasteiger partial charge in [-0.2, -0.15) is 5.26 Å². The Hall–Kier alpha value is -2.02. The second-order valence-electron chi connectivity index (χ2n) is 4.80. The molecule has 0 saturated carbocycles. The van der Waals surface area contributed by atoms with Crippen molar-refractivity contribution in [1.29, 1.82) is 5.26 Å². The number of fused-ring (bicyclic) bond motifs is 1. The predicted molar refractivity (Wildman–Crippen MR) is 68.2 cm³/mol. The molecule has 1 aromatic carbocycles. The minimum absolute atomic E-state index is 0.0719. The molecule has 0 radical (unpaired) electrons. The average Bonchev–Trinajstić information content (AvgIpc) is 2.36. The zero-order valence-corrected chi connectivity index (χ0v) is 10.8. The number of nitriles is 1. The molecule has 4 nitrogen and oxygen atoms in total. The molecule has 4 heteroatoms. The number of carbonyl (C=O) groups is 1. The van der Waals surface area contributed by atoms with E-state index in [-0.39, 0.29) is 11.8 Å². The van der Waals surface area contributed by atoms with Crippen LogP contribution in [0.3, 0.4) is 0 Å². The zero-order valence-electron chi connectivity index (χ0n) is 10.8. The summed E-state index contributed by atoms with van der Waals surface area (Å²) in [5.41, 5.74) is 0.749. The first-order valence-corrected chi connectivity index (χ1v) is 5.99. The van der Waals surface area contributed by atoms with Crippen molar-refractivity contribution in [1.82, 2.24) is 0 Å². The van der Waals surface area contributed by atoms with Crippen LogP contribution in [0.25, 0.3) is 0 Å². The van der Waals surface area contributed by atoms with Gasteiger partial charge in [0.15, 0.2) is 6.10 Å². The lowest BCUT2D eigenvalue weighted by Gasteiger charge is -2.34. The van der Waals surface area contributed by atoms with Gasteiger partial charge in [-0.05, 0) is 18.1 Å². The molecule has 1 amide bonds. The predicted octanol–water partition coefficient (Wildman–Crippen LogP) is 2.21. The number of hydrogen-bond donors (Lipinski definition) is 0. The van der Waals surface area contributed by atoms with Crippen LogP contribution in [0.5, 0.6) is 5.75 Å². The van der Waals surface area contributed by atoms with Crippen molar-refractivity contribution in [3.8, 4) is 11.8 Å². The number of anilines is 1. The highest BCUT2D eigenvalue weighted by molar-refractivity contribution is 5.99. The van der Waals surface area contributed by atoms with Gasteiger partial charge in [0.25, 0.3) is 5.91 Å². The Bertz CT molecular complexity index is 505. The van der Waals surface area contributed by atoms with Gasteiger partial charge in [-0.1, -0.05) is 26.0 Å². The Kier molecular flexibility index (Phi) is 3.24. The average molecular weight is 244 g/mol. The Morgan fingerprint density at radius 1 is 1.39 bits per heavy atom. The molecular formula is C14H16N2O2. The fourth-order valence-electron chi connectivity index (χ4n) is 2.12. The van der Waals surface area contributed by atoms with Crippen molar-refractivity contribution in [3.05, 3.63) is 24.3 Å². The molecule has 0 fully saturated rings. The van der Waals surface area contributed by atoms with E-state index in [1.807, 2.05) is 38.1 Å². The van der Waals surface area contributed by atoms with Crippen LogP contribution >= 0.6 is 0 Å². The summed E-state index contributed by atoms with van der Waals surface area (Å²) in [6, 6.07) is 9.55. The van der Waals surface area contributed by atoms with Gasteiger partial charge >= 0.3 is 0 Å². The first-order valence-electron chi connectivity index (χ1n) is 5.99. The molecule has 2 atom stereocenters. The van der Waals surface area contributed by atoms with Crippen LogP contribution in [0.15, 0.2) is 24.3 Å². The van der Waals surface area contributed by atoms with Crippen LogP contribution < -0.4 is 9.64 Å². The normalized spacial score (nSPS) is 20.1. The van der Waals surface area contributed by atoms with Gasteiger partial charge in [0, 0.05) is 7.05 Å². The number of amides is 1. The van der Waals surface area contributed by atoms with E-state index in [9.17, 15) is 10.1 Å². The number of nitrogens with zero attached hydrogens (tertiary/aromatic N) is 2. The van der Waals surface area contributed by atoms with Crippen molar-refractivity contribution >= 4 is 11.6 Å². The Balaban J connectivity index is 2.38. The number of para-hydroxylation sites is 2. The SMILES string of the molecule is CC(C)C(C#N)C1Oc2ccccc2N(C)C1=O. The van der Waals surface area contributed by atoms with Crippen molar-refractivity contribution in [3.63, 3.8) is 0 Å². The summed E-state index contributed by atoms with van der Waals surface area (Å²) in [5, 5.41) is 9.20. The first kappa shape index (κ1) is 12.4. The van der Waals surface area contributed by atoms with Crippen molar-refractivity contribution in [2.45, 2.75) is 20.0 Å². The van der Waals surface area contributed by atoms with Crippen molar-refractivity contribution in [2.75, 3.05) is 11.9 Å². The highest BCUT2D eigenvalue weighted by Gasteiger charge is 2.39. The monoisotopic (exact) mass is 244 g/mol. The summed E-state index contributed by atoms with van der Waals surface area (Å²) in [7, 11) is 1.71. The van der Waals surface area contributed by atoms with Gasteiger partial charge in [-0.15, -0.1) is 0 Å². The zero-order chi connectivity index (χ0) is 13.3. The van der Waals surface area contributed by atoms with E-state index in [4.69, 9.17) is 4.74 Å². The van der Waals surface area contributed by atoms with Crippen LogP contribution in [0, 0.1) is 23.2 Å². The third-order valence-electron chi connectivity index (χ3n) is 3.25. The maximum atomic E-state index is 12.2. The quantitative estimate of drug-likeness (QED) is 0.801. The molecule has 2 rings (SSSR count). The summed E-state index contributed by atoms with van der Waals surface area (Å²) >= 11 is 0. The van der Waals surface area contributed by atoms with Gasteiger partial charge < -0.3 is 9.64 Å². The maximum absolute atomic E-state index is 12.2. The largest absolute Gasteiger partial charge is 0.477 e. The van der Waals surface area contributed by atoms with Crippen LogP contribution in [0.4, 0.5) is 5.69 Å². The number of benzene rings is 1. The highest BCUT2D eigenvalue weighted by Crippen LogP contribution is 2.35. The minimum atomic E-state index is -0.713. The van der Waals surface area contributed by atoms with Crippen molar-refractivity contribution < 1.29 is 9.53 Å². The molecule has 1 aliphatic heterocycles. The number of rotatable bonds is 2. The molecular weight excluding hydrogens is 228 g/mol. The molecule has 0 spiro atoms. The van der Waals surface area contributed by atoms with E-state index in [0.717, 1.165) is 5.69 Å². The summed E-state index contributed by atoms with van der Waals surface area (Å²) in [6.07, 6.45) is -0.713. The van der Waals surface area contributed by atoms with E-state index in [0.29, 0.717) is 5.75 Å². The van der Waals surface area contributed by atoms with E-state index < -0.39 is 12.0 Å². The fraction of sp³-hybridized carbons (Fsp3) is 0.429. The van der Waals surface area contributed by atoms with E-state index in [1.165, 1.54) is 0 Å². The number of ether oxygens (including phenoxy) is 1. The van der Waals surface area contributed by atoms with Gasteiger partial charge in [0.2, 0.25) is 0 Å². The molecule has 0 N–H and O–H groups in total. The molecule has 1 aromatic rings. The van der Waals surface area contributed by atoms with Crippen LogP contribution in [-0.2, 0) is 4.79 Å². The molecule has 2 unspecified atom stereocenters. The summed E-state index contributed by atoms with van der Waals surface area (Å²) in [4.78, 5) is 13.8. The lowest BCUT2D eigenvalue weighted by Crippen LogP contribution is -2.48. The lowest BCUT2D eigenvalue weighted by molar-refractivity contribution is -0.128. The number of carbonyl (C=O) groups excluding carboxylic acids is 1. The molecule has 0 aliphatic carbocycles. The third-order valence-corrected chi connectivity index (χ3v) is 3.25. The minimum Gasteiger partial charge on any atom is -0.477 e. The Labute approximate surface area is 107 Å². The first-order chi connectivity index (χ1) is 8.56. The van der Waals surface area contributed by atoms with Gasteiger partial charge in [-0.25, -0.2) is 0 Å². The van der Waals surface area contributed by atoms with E-state index in [2.05, 4.69) is 6.07 Å². The number of likely N-dealkylation sites (N-methyl/N-ethyl adjacent to an activating group) is 1. The molecule has 1 aliphatic rings. The third kappa shape index (κ3) is 1.92. The van der Waals surface area contributed by atoms with Crippen LogP contribution in [-0.4, -0.2) is 19.1 Å². The molecule has 18 heavy (non-hydrogen) atoms. The smallest absolute Gasteiger partial charge is 0.269 e. The Morgan fingerprint density at radius 3 is 2.67 bits per heavy atom. The molecule has 1 heterocycles. The molecule has 0 aromatic heterocycles. The van der Waals surface area contributed by atoms with Crippen LogP contribution in [0.1, 0.15) is 13.8 Å². The van der Waals surface area contributed by atoms with Gasteiger partial charge in [-0.3, -0.25) is 4.79 Å². The molecule has 0 saturated heterocycles. The van der Waals surface area contributed by atoms with E-state index in [1.54, 1.807) is 11.9 Å². The topological polar surface area (TPSA) is 53.3 Å². The van der Waals surface area contributed by atoms with Crippen molar-refractivity contribution in [2.24, 2.45) is 11.8 Å². The van der Waals surface area contributed by atoms with Gasteiger partial charge in [0.1, 0.15) is 5.75 Å². The fourth-order valence-corrected chi connectivity index (χ4v) is 2.12. The molecule has 0 bridgehead atoms. The second-order valence-corrected chi connectivity index (χ2v) is 4.80. The lowest BCUT2D eigenvalue weighted by atomic mass is 9.90. The summed E-state index contributed by atoms with van der Waals surface area (Å²) in [5.74, 6) is 0.135. The number of hydrogen-bond acceptors (Lipinski definition) is 3. The molecule has 94 valence electrons. The second kappa shape index (κ2) is 4.69. The maximum Gasteiger partial charge on any atom is 0.269 e. The summed E-state index contributed by atoms with van der Waals surface area (Å²) in [6.45, 7) is 3.84. The van der Waals surface area contributed by atoms with Gasteiger partial charge in [0.05, 0.1) is 17.7 Å². The van der Waals surface area contributed by atoms with Crippen LogP contribution in [0.2, 0.25) is 0 Å². The van der Waals surface area contributed by atoms with E-state index >= 15 is 0 Å². The standard InChI is InChI=1S/C14H16N2O2/c1-9(2)10(8-15)13-14(17)16(3)11-6-4-5-7-12(11)18-13/h4-7,9-10,13H,1-3H3. The summed E-state index contributed by atoms with van der Waals surface area (Å²) < 4.78 is 5.72.